The van der Waals surface area contributed by atoms with E-state index in [1.165, 1.54) is 48.8 Å². The third-order valence-electron chi connectivity index (χ3n) is 5.22. The number of hydrogen-bond donors (Lipinski definition) is 2. The Labute approximate surface area is 225 Å². The summed E-state index contributed by atoms with van der Waals surface area (Å²) < 4.78 is 52.3. The maximum absolute atomic E-state index is 13.1. The number of nitrogens with one attached hydrogen (secondary N) is 2. The molecule has 0 saturated heterocycles. The van der Waals surface area contributed by atoms with Gasteiger partial charge in [0, 0.05) is 10.9 Å². The molecule has 1 amide bonds. The van der Waals surface area contributed by atoms with E-state index in [4.69, 9.17) is 9.15 Å². The molecule has 0 saturated carbocycles. The van der Waals surface area contributed by atoms with Crippen molar-refractivity contribution in [1.29, 1.82) is 0 Å². The molecular weight excluding hydrogens is 551 g/mol. The van der Waals surface area contributed by atoms with Gasteiger partial charge in [-0.05, 0) is 54.6 Å². The molecule has 0 aliphatic rings. The highest BCUT2D eigenvalue weighted by atomic mass is 32.2. The van der Waals surface area contributed by atoms with E-state index in [0.29, 0.717) is 33.4 Å². The number of para-hydroxylation sites is 2. The first-order valence-electron chi connectivity index (χ1n) is 11.0. The second kappa shape index (κ2) is 10.8. The summed E-state index contributed by atoms with van der Waals surface area (Å²) in [5.41, 5.74) is 2.39. The lowest BCUT2D eigenvalue weighted by molar-refractivity contribution is -0.113. The van der Waals surface area contributed by atoms with E-state index in [-0.39, 0.29) is 27.6 Å². The first kappa shape index (κ1) is 25.7. The number of halogens is 1. The third kappa shape index (κ3) is 5.79. The Morgan fingerprint density at radius 2 is 1.89 bits per heavy atom. The van der Waals surface area contributed by atoms with Crippen LogP contribution < -0.4 is 14.8 Å². The molecule has 0 fully saturated rings. The third-order valence-corrected chi connectivity index (χ3v) is 8.17. The van der Waals surface area contributed by atoms with Crippen LogP contribution in [0.2, 0.25) is 0 Å². The van der Waals surface area contributed by atoms with Crippen molar-refractivity contribution in [3.63, 3.8) is 0 Å². The summed E-state index contributed by atoms with van der Waals surface area (Å²) in [4.78, 5) is 21.1. The number of aromatic nitrogens is 2. The molecule has 0 radical (unpaired) electrons. The number of benzene rings is 3. The van der Waals surface area contributed by atoms with E-state index in [0.717, 1.165) is 17.3 Å². The molecule has 5 rings (SSSR count). The van der Waals surface area contributed by atoms with Crippen LogP contribution in [-0.2, 0) is 14.8 Å². The number of amides is 1. The fourth-order valence-electron chi connectivity index (χ4n) is 3.41. The average Bonchev–Trinajstić information content (AvgIpc) is 3.54. The Morgan fingerprint density at radius 3 is 2.68 bits per heavy atom. The summed E-state index contributed by atoms with van der Waals surface area (Å²) >= 11 is 2.32. The minimum Gasteiger partial charge on any atom is -0.495 e. The normalized spacial score (nSPS) is 11.4. The second-order valence-electron chi connectivity index (χ2n) is 7.80. The predicted octanol–water partition coefficient (Wildman–Crippen LogP) is 5.63. The Bertz CT molecular complexity index is 1720. The van der Waals surface area contributed by atoms with Gasteiger partial charge in [0.2, 0.25) is 5.91 Å². The number of carbonyl (C=O) groups is 1. The first-order chi connectivity index (χ1) is 18.3. The summed E-state index contributed by atoms with van der Waals surface area (Å²) in [5.74, 6) is -0.267. The highest BCUT2D eigenvalue weighted by Crippen LogP contribution is 2.30. The number of anilines is 2. The van der Waals surface area contributed by atoms with Gasteiger partial charge in [0.05, 0.1) is 29.1 Å². The van der Waals surface area contributed by atoms with Gasteiger partial charge in [-0.2, -0.15) is 0 Å². The zero-order chi connectivity index (χ0) is 26.7. The van der Waals surface area contributed by atoms with Crippen molar-refractivity contribution < 1.29 is 26.8 Å². The van der Waals surface area contributed by atoms with Crippen LogP contribution >= 0.6 is 23.1 Å². The highest BCUT2D eigenvalue weighted by molar-refractivity contribution is 7.99. The van der Waals surface area contributed by atoms with Gasteiger partial charge in [-0.15, -0.1) is 11.3 Å². The number of oxazole rings is 1. The molecule has 0 bridgehead atoms. The topological polar surface area (TPSA) is 123 Å². The zero-order valence-corrected chi connectivity index (χ0v) is 22.1. The number of carbonyl (C=O) groups excluding carboxylic acids is 1. The minimum absolute atomic E-state index is 0.000715. The minimum atomic E-state index is -3.92. The van der Waals surface area contributed by atoms with Crippen LogP contribution in [0.1, 0.15) is 0 Å². The zero-order valence-electron chi connectivity index (χ0n) is 19.7. The molecule has 0 unspecified atom stereocenters. The summed E-state index contributed by atoms with van der Waals surface area (Å²) in [6, 6.07) is 16.9. The van der Waals surface area contributed by atoms with Gasteiger partial charge in [-0.3, -0.25) is 9.52 Å². The number of methoxy groups -OCH3 is 1. The molecule has 13 heteroatoms. The maximum Gasteiger partial charge on any atom is 0.262 e. The van der Waals surface area contributed by atoms with Gasteiger partial charge >= 0.3 is 0 Å². The van der Waals surface area contributed by atoms with Crippen LogP contribution in [0.25, 0.3) is 22.4 Å². The lowest BCUT2D eigenvalue weighted by Crippen LogP contribution is -2.13. The van der Waals surface area contributed by atoms with Gasteiger partial charge in [-0.1, -0.05) is 23.9 Å². The van der Waals surface area contributed by atoms with Gasteiger partial charge in [-0.25, -0.2) is 22.8 Å². The summed E-state index contributed by atoms with van der Waals surface area (Å²) in [6.07, 6.45) is 0. The molecule has 2 N–H and O–H groups in total. The lowest BCUT2D eigenvalue weighted by atomic mass is 10.2. The van der Waals surface area contributed by atoms with E-state index >= 15 is 0 Å². The maximum atomic E-state index is 13.1. The molecule has 2 heterocycles. The Hall–Kier alpha value is -3.94. The van der Waals surface area contributed by atoms with Crippen molar-refractivity contribution in [2.75, 3.05) is 22.9 Å². The largest absolute Gasteiger partial charge is 0.495 e. The summed E-state index contributed by atoms with van der Waals surface area (Å²) in [5, 5.41) is 5.11. The smallest absolute Gasteiger partial charge is 0.262 e. The van der Waals surface area contributed by atoms with Gasteiger partial charge in [0.25, 0.3) is 15.2 Å². The fourth-order valence-corrected chi connectivity index (χ4v) is 5.88. The van der Waals surface area contributed by atoms with Crippen LogP contribution in [0.15, 0.2) is 86.6 Å². The predicted molar refractivity (Wildman–Crippen MR) is 145 cm³/mol. The van der Waals surface area contributed by atoms with Crippen molar-refractivity contribution in [3.8, 4) is 17.0 Å². The van der Waals surface area contributed by atoms with E-state index < -0.39 is 10.0 Å². The molecule has 9 nitrogen and oxygen atoms in total. The number of nitrogens with zero attached hydrogens (tertiary/aromatic N) is 2. The van der Waals surface area contributed by atoms with Crippen LogP contribution in [0.5, 0.6) is 5.75 Å². The monoisotopic (exact) mass is 570 g/mol. The molecule has 3 aromatic carbocycles. The van der Waals surface area contributed by atoms with Crippen molar-refractivity contribution >= 4 is 60.9 Å². The molecule has 0 aliphatic heterocycles. The van der Waals surface area contributed by atoms with Crippen LogP contribution in [0, 0.1) is 5.82 Å². The van der Waals surface area contributed by atoms with E-state index in [1.54, 1.807) is 41.8 Å². The number of rotatable bonds is 9. The molecule has 0 atom stereocenters. The number of ether oxygens (including phenoxy) is 1. The van der Waals surface area contributed by atoms with Crippen molar-refractivity contribution in [3.05, 3.63) is 77.9 Å². The van der Waals surface area contributed by atoms with Gasteiger partial charge < -0.3 is 14.5 Å². The number of fused-ring (bicyclic) bond motifs is 1. The van der Waals surface area contributed by atoms with Crippen molar-refractivity contribution in [2.45, 2.75) is 10.1 Å². The molecular formula is C25H19FN4O5S3. The average molecular weight is 571 g/mol. The standard InChI is InChI=1S/C25H19FN4O5S3/c1-34-21-5-3-2-4-18(21)30-38(32,33)17-10-11-22-19(12-17)28-25(35-22)37-14-23(31)29-24-27-20(13-36-24)15-6-8-16(26)9-7-15/h2-13,30H,14H2,1H3,(H,27,29,31). The Morgan fingerprint density at radius 1 is 1.11 bits per heavy atom. The number of sulfonamides is 1. The van der Waals surface area contributed by atoms with Crippen LogP contribution in [0.4, 0.5) is 15.2 Å². The van der Waals surface area contributed by atoms with Crippen molar-refractivity contribution in [2.24, 2.45) is 0 Å². The second-order valence-corrected chi connectivity index (χ2v) is 11.3. The van der Waals surface area contributed by atoms with E-state index in [9.17, 15) is 17.6 Å². The number of thioether (sulfide) groups is 1. The quantitative estimate of drug-likeness (QED) is 0.219. The number of hydrogen-bond acceptors (Lipinski definition) is 9. The van der Waals surface area contributed by atoms with E-state index in [1.807, 2.05) is 0 Å². The number of thiazole rings is 1. The Kier molecular flexibility index (Phi) is 7.31. The molecule has 194 valence electrons. The fraction of sp³-hybridized carbons (Fsp3) is 0.0800. The van der Waals surface area contributed by atoms with Crippen LogP contribution in [-0.4, -0.2) is 37.2 Å². The lowest BCUT2D eigenvalue weighted by Gasteiger charge is -2.11. The van der Waals surface area contributed by atoms with E-state index in [2.05, 4.69) is 20.0 Å². The molecule has 0 aliphatic carbocycles. The first-order valence-corrected chi connectivity index (χ1v) is 14.4. The Balaban J connectivity index is 1.23. The molecule has 2 aromatic heterocycles. The van der Waals surface area contributed by atoms with Crippen molar-refractivity contribution in [1.82, 2.24) is 9.97 Å². The molecule has 5 aromatic rings. The molecule has 0 spiro atoms. The van der Waals surface area contributed by atoms with Crippen LogP contribution in [0.3, 0.4) is 0 Å². The summed E-state index contributed by atoms with van der Waals surface area (Å²) in [6.45, 7) is 0. The molecule has 38 heavy (non-hydrogen) atoms. The van der Waals surface area contributed by atoms with Gasteiger partial charge in [0.1, 0.15) is 17.1 Å². The van der Waals surface area contributed by atoms with Gasteiger partial charge in [0.15, 0.2) is 10.7 Å². The summed E-state index contributed by atoms with van der Waals surface area (Å²) in [7, 11) is -2.46. The SMILES string of the molecule is COc1ccccc1NS(=O)(=O)c1ccc2oc(SCC(=O)Nc3nc(-c4ccc(F)cc4)cs3)nc2c1. The highest BCUT2D eigenvalue weighted by Gasteiger charge is 2.19.